The van der Waals surface area contributed by atoms with Crippen LogP contribution in [0.1, 0.15) is 22.3 Å². The summed E-state index contributed by atoms with van der Waals surface area (Å²) in [5.74, 6) is -0.676. The molecule has 0 heterocycles. The fourth-order valence-corrected chi connectivity index (χ4v) is 3.50. The first-order chi connectivity index (χ1) is 12.9. The molecular formula is C19H23FN2O4S. The van der Waals surface area contributed by atoms with Gasteiger partial charge in [0.2, 0.25) is 10.0 Å². The Labute approximate surface area is 158 Å². The van der Waals surface area contributed by atoms with Gasteiger partial charge in [-0.2, -0.15) is 0 Å². The second kappa shape index (κ2) is 10.1. The van der Waals surface area contributed by atoms with Crippen LogP contribution >= 0.6 is 0 Å². The van der Waals surface area contributed by atoms with Crippen molar-refractivity contribution in [3.63, 3.8) is 0 Å². The van der Waals surface area contributed by atoms with Crippen molar-refractivity contribution in [3.8, 4) is 0 Å². The molecule has 6 nitrogen and oxygen atoms in total. The van der Waals surface area contributed by atoms with E-state index in [0.29, 0.717) is 26.0 Å². The molecule has 0 radical (unpaired) electrons. The van der Waals surface area contributed by atoms with E-state index in [1.807, 2.05) is 0 Å². The van der Waals surface area contributed by atoms with E-state index in [-0.39, 0.29) is 28.7 Å². The largest absolute Gasteiger partial charge is 0.385 e. The minimum absolute atomic E-state index is 0.0334. The third-order valence-corrected chi connectivity index (χ3v) is 5.30. The molecule has 2 aromatic rings. The van der Waals surface area contributed by atoms with E-state index in [9.17, 15) is 17.6 Å². The van der Waals surface area contributed by atoms with Gasteiger partial charge in [-0.25, -0.2) is 17.5 Å². The monoisotopic (exact) mass is 394 g/mol. The predicted octanol–water partition coefficient (Wildman–Crippen LogP) is 2.11. The summed E-state index contributed by atoms with van der Waals surface area (Å²) in [7, 11) is -2.14. The molecule has 0 atom stereocenters. The van der Waals surface area contributed by atoms with Crippen molar-refractivity contribution in [1.82, 2.24) is 10.0 Å². The molecule has 0 aliphatic carbocycles. The van der Waals surface area contributed by atoms with Crippen LogP contribution in [0.4, 0.5) is 4.39 Å². The van der Waals surface area contributed by atoms with Crippen molar-refractivity contribution in [2.45, 2.75) is 17.7 Å². The van der Waals surface area contributed by atoms with Crippen molar-refractivity contribution < 1.29 is 22.3 Å². The van der Waals surface area contributed by atoms with Crippen LogP contribution in [-0.4, -0.2) is 41.1 Å². The van der Waals surface area contributed by atoms with Crippen molar-refractivity contribution in [1.29, 1.82) is 0 Å². The zero-order valence-corrected chi connectivity index (χ0v) is 15.9. The van der Waals surface area contributed by atoms with Gasteiger partial charge in [-0.15, -0.1) is 0 Å². The highest BCUT2D eigenvalue weighted by atomic mass is 32.2. The van der Waals surface area contributed by atoms with Gasteiger partial charge in [0.1, 0.15) is 5.82 Å². The number of sulfonamides is 1. The van der Waals surface area contributed by atoms with Crippen LogP contribution in [0.25, 0.3) is 0 Å². The number of carbonyl (C=O) groups is 1. The summed E-state index contributed by atoms with van der Waals surface area (Å²) in [6.07, 6.45) is 1.10. The Bertz CT molecular complexity index is 854. The number of nitrogens with one attached hydrogen (secondary N) is 2. The highest BCUT2D eigenvalue weighted by Gasteiger charge is 2.15. The highest BCUT2D eigenvalue weighted by molar-refractivity contribution is 7.89. The molecule has 2 aromatic carbocycles. The third-order valence-electron chi connectivity index (χ3n) is 3.84. The Balaban J connectivity index is 1.93. The van der Waals surface area contributed by atoms with Crippen LogP contribution in [0, 0.1) is 5.82 Å². The Kier molecular flexibility index (Phi) is 7.90. The van der Waals surface area contributed by atoms with Gasteiger partial charge in [-0.05, 0) is 48.7 Å². The van der Waals surface area contributed by atoms with Crippen molar-refractivity contribution in [2.24, 2.45) is 0 Å². The lowest BCUT2D eigenvalue weighted by Crippen LogP contribution is -2.27. The van der Waals surface area contributed by atoms with E-state index in [0.717, 1.165) is 5.56 Å². The zero-order chi connectivity index (χ0) is 19.7. The molecule has 0 unspecified atom stereocenters. The number of benzene rings is 2. The summed E-state index contributed by atoms with van der Waals surface area (Å²) < 4.78 is 44.8. The Hall–Kier alpha value is -2.29. The van der Waals surface area contributed by atoms with Gasteiger partial charge >= 0.3 is 0 Å². The van der Waals surface area contributed by atoms with Gasteiger partial charge < -0.3 is 10.1 Å². The van der Waals surface area contributed by atoms with E-state index >= 15 is 0 Å². The van der Waals surface area contributed by atoms with Gasteiger partial charge in [0.25, 0.3) is 5.91 Å². The lowest BCUT2D eigenvalue weighted by Gasteiger charge is -2.09. The van der Waals surface area contributed by atoms with Crippen molar-refractivity contribution in [3.05, 3.63) is 65.5 Å². The van der Waals surface area contributed by atoms with Gasteiger partial charge in [0, 0.05) is 32.4 Å². The number of ether oxygens (including phenoxy) is 1. The summed E-state index contributed by atoms with van der Waals surface area (Å²) in [5.41, 5.74) is 1.15. The second-order valence-corrected chi connectivity index (χ2v) is 7.67. The minimum atomic E-state index is -3.69. The molecule has 8 heteroatoms. The fourth-order valence-electron chi connectivity index (χ4n) is 2.38. The van der Waals surface area contributed by atoms with Crippen molar-refractivity contribution >= 4 is 15.9 Å². The summed E-state index contributed by atoms with van der Waals surface area (Å²) in [6, 6.07) is 11.9. The molecule has 2 rings (SSSR count). The van der Waals surface area contributed by atoms with Crippen LogP contribution in [0.2, 0.25) is 0 Å². The average Bonchev–Trinajstić information content (AvgIpc) is 2.67. The third kappa shape index (κ3) is 6.74. The van der Waals surface area contributed by atoms with Gasteiger partial charge in [0.15, 0.2) is 0 Å². The minimum Gasteiger partial charge on any atom is -0.385 e. The smallest absolute Gasteiger partial charge is 0.251 e. The quantitative estimate of drug-likeness (QED) is 0.605. The number of hydrogen-bond acceptors (Lipinski definition) is 4. The molecule has 0 aromatic heterocycles. The molecule has 0 fully saturated rings. The summed E-state index contributed by atoms with van der Waals surface area (Å²) in [5, 5.41) is 2.74. The first-order valence-electron chi connectivity index (χ1n) is 8.54. The van der Waals surface area contributed by atoms with Crippen LogP contribution in [0.3, 0.4) is 0 Å². The maximum Gasteiger partial charge on any atom is 0.251 e. The molecule has 1 amide bonds. The number of carbonyl (C=O) groups excluding carboxylic acids is 1. The molecule has 0 saturated carbocycles. The van der Waals surface area contributed by atoms with Gasteiger partial charge in [-0.3, -0.25) is 4.79 Å². The fraction of sp³-hybridized carbons (Fsp3) is 0.316. The topological polar surface area (TPSA) is 84.5 Å². The molecule has 0 aliphatic rings. The number of rotatable bonds is 10. The predicted molar refractivity (Wildman–Crippen MR) is 101 cm³/mol. The Morgan fingerprint density at radius 3 is 2.56 bits per heavy atom. The van der Waals surface area contributed by atoms with E-state index in [1.54, 1.807) is 25.3 Å². The van der Waals surface area contributed by atoms with E-state index in [4.69, 9.17) is 4.74 Å². The van der Waals surface area contributed by atoms with Crippen LogP contribution in [-0.2, 0) is 21.2 Å². The summed E-state index contributed by atoms with van der Waals surface area (Å²) in [6.45, 7) is 1.07. The van der Waals surface area contributed by atoms with Crippen LogP contribution in [0.15, 0.2) is 53.4 Å². The van der Waals surface area contributed by atoms with Gasteiger partial charge in [-0.1, -0.05) is 18.2 Å². The van der Waals surface area contributed by atoms with Crippen molar-refractivity contribution in [2.75, 3.05) is 26.8 Å². The summed E-state index contributed by atoms with van der Waals surface area (Å²) >= 11 is 0. The number of halogens is 1. The first-order valence-corrected chi connectivity index (χ1v) is 10.0. The maximum absolute atomic E-state index is 12.9. The Morgan fingerprint density at radius 2 is 1.85 bits per heavy atom. The lowest BCUT2D eigenvalue weighted by atomic mass is 10.1. The van der Waals surface area contributed by atoms with E-state index < -0.39 is 10.0 Å². The number of methoxy groups -OCH3 is 1. The maximum atomic E-state index is 12.9. The van der Waals surface area contributed by atoms with Crippen LogP contribution < -0.4 is 10.0 Å². The lowest BCUT2D eigenvalue weighted by molar-refractivity contribution is 0.0954. The molecule has 0 saturated heterocycles. The van der Waals surface area contributed by atoms with E-state index in [2.05, 4.69) is 10.0 Å². The normalized spacial score (nSPS) is 11.3. The average molecular weight is 394 g/mol. The van der Waals surface area contributed by atoms with Crippen LogP contribution in [0.5, 0.6) is 0 Å². The summed E-state index contributed by atoms with van der Waals surface area (Å²) in [4.78, 5) is 12.3. The Morgan fingerprint density at radius 1 is 1.11 bits per heavy atom. The number of amides is 1. The molecule has 146 valence electrons. The molecular weight excluding hydrogens is 371 g/mol. The SMILES string of the molecule is COCCCNS(=O)(=O)c1cccc(C(=O)NCCc2ccc(F)cc2)c1. The molecule has 27 heavy (non-hydrogen) atoms. The molecule has 0 bridgehead atoms. The van der Waals surface area contributed by atoms with Gasteiger partial charge in [0.05, 0.1) is 4.90 Å². The number of hydrogen-bond donors (Lipinski definition) is 2. The second-order valence-electron chi connectivity index (χ2n) is 5.90. The molecule has 2 N–H and O–H groups in total. The molecule has 0 spiro atoms. The first kappa shape index (κ1) is 21.0. The highest BCUT2D eigenvalue weighted by Crippen LogP contribution is 2.12. The van der Waals surface area contributed by atoms with E-state index in [1.165, 1.54) is 30.3 Å². The zero-order valence-electron chi connectivity index (χ0n) is 15.1. The molecule has 0 aliphatic heterocycles. The standard InChI is InChI=1S/C19H23FN2O4S/c1-26-13-3-11-22-27(24,25)18-5-2-4-16(14-18)19(23)21-12-10-15-6-8-17(20)9-7-15/h2,4-9,14,22H,3,10-13H2,1H3,(H,21,23).